The number of aromatic amines is 1. The highest BCUT2D eigenvalue weighted by atomic mass is 31.2. The maximum atomic E-state index is 11.8. The molecular formula is C13H14N5O5P. The van der Waals surface area contributed by atoms with Gasteiger partial charge in [0.15, 0.2) is 16.9 Å². The summed E-state index contributed by atoms with van der Waals surface area (Å²) in [4.78, 5) is 36.4. The molecule has 0 saturated heterocycles. The van der Waals surface area contributed by atoms with Gasteiger partial charge in [0.25, 0.3) is 5.56 Å². The SMILES string of the molecule is CP(=O)(O)OOc1ccccc1Cn1cnc2c(=O)[nH]c(N)nc21. The number of hydrogen-bond donors (Lipinski definition) is 3. The van der Waals surface area contributed by atoms with Crippen LogP contribution < -0.4 is 16.2 Å². The Balaban J connectivity index is 1.95. The Morgan fingerprint density at radius 1 is 1.42 bits per heavy atom. The Bertz CT molecular complexity index is 992. The molecule has 0 spiro atoms. The first kappa shape index (κ1) is 16.2. The number of para-hydroxylation sites is 1. The second-order valence-corrected chi connectivity index (χ2v) is 6.82. The number of nitrogens with one attached hydrogen (secondary N) is 1. The van der Waals surface area contributed by atoms with Crippen LogP contribution in [-0.2, 0) is 15.8 Å². The van der Waals surface area contributed by atoms with Crippen LogP contribution in [0.1, 0.15) is 5.56 Å². The molecule has 1 atom stereocenters. The molecule has 0 aliphatic carbocycles. The van der Waals surface area contributed by atoms with Crippen molar-refractivity contribution in [2.75, 3.05) is 12.4 Å². The smallest absolute Gasteiger partial charge is 0.363 e. The standard InChI is InChI=1S/C13H14N5O5P/c1-24(20,21)23-22-9-5-3-2-4-8(9)6-18-7-15-10-11(18)16-13(14)17-12(10)19/h2-5,7H,6H2,1H3,(H,20,21)(H3,14,16,17,19). The summed E-state index contributed by atoms with van der Waals surface area (Å²) in [5.74, 6) is 0.239. The lowest BCUT2D eigenvalue weighted by atomic mass is 10.2. The van der Waals surface area contributed by atoms with Gasteiger partial charge >= 0.3 is 7.60 Å². The molecule has 126 valence electrons. The predicted molar refractivity (Wildman–Crippen MR) is 85.6 cm³/mol. The van der Waals surface area contributed by atoms with Crippen LogP contribution in [0.25, 0.3) is 11.2 Å². The molecule has 2 aromatic heterocycles. The molecule has 0 bridgehead atoms. The van der Waals surface area contributed by atoms with Crippen LogP contribution in [0.3, 0.4) is 0 Å². The Morgan fingerprint density at radius 2 is 2.17 bits per heavy atom. The Kier molecular flexibility index (Phi) is 4.10. The number of rotatable bonds is 5. The van der Waals surface area contributed by atoms with E-state index in [-0.39, 0.29) is 23.8 Å². The average molecular weight is 351 g/mol. The summed E-state index contributed by atoms with van der Waals surface area (Å²) in [6.07, 6.45) is 1.45. The molecule has 3 aromatic rings. The number of benzene rings is 1. The van der Waals surface area contributed by atoms with E-state index in [9.17, 15) is 9.36 Å². The highest BCUT2D eigenvalue weighted by Gasteiger charge is 2.15. The van der Waals surface area contributed by atoms with E-state index in [0.717, 1.165) is 6.66 Å². The molecule has 0 radical (unpaired) electrons. The van der Waals surface area contributed by atoms with Gasteiger partial charge in [0.1, 0.15) is 0 Å². The lowest BCUT2D eigenvalue weighted by Crippen LogP contribution is -2.12. The van der Waals surface area contributed by atoms with Gasteiger partial charge < -0.3 is 20.1 Å². The van der Waals surface area contributed by atoms with Gasteiger partial charge in [-0.25, -0.2) is 4.98 Å². The highest BCUT2D eigenvalue weighted by molar-refractivity contribution is 7.51. The summed E-state index contributed by atoms with van der Waals surface area (Å²) in [5.41, 5.74) is 6.23. The van der Waals surface area contributed by atoms with Crippen molar-refractivity contribution in [1.29, 1.82) is 0 Å². The summed E-state index contributed by atoms with van der Waals surface area (Å²) >= 11 is 0. The molecule has 11 heteroatoms. The molecule has 24 heavy (non-hydrogen) atoms. The van der Waals surface area contributed by atoms with E-state index in [1.54, 1.807) is 28.8 Å². The number of imidazole rings is 1. The van der Waals surface area contributed by atoms with Crippen LogP contribution >= 0.6 is 7.60 Å². The van der Waals surface area contributed by atoms with Gasteiger partial charge in [-0.1, -0.05) is 18.2 Å². The van der Waals surface area contributed by atoms with Crippen LogP contribution in [-0.4, -0.2) is 31.1 Å². The average Bonchev–Trinajstić information content (AvgIpc) is 2.89. The fourth-order valence-electron chi connectivity index (χ4n) is 2.10. The highest BCUT2D eigenvalue weighted by Crippen LogP contribution is 2.37. The van der Waals surface area contributed by atoms with Crippen molar-refractivity contribution >= 4 is 24.7 Å². The van der Waals surface area contributed by atoms with E-state index in [2.05, 4.69) is 19.6 Å². The third-order valence-electron chi connectivity index (χ3n) is 3.07. The maximum absolute atomic E-state index is 11.8. The number of anilines is 1. The zero-order valence-corrected chi connectivity index (χ0v) is 13.4. The summed E-state index contributed by atoms with van der Waals surface area (Å²) in [7, 11) is -3.79. The maximum Gasteiger partial charge on any atom is 0.363 e. The topological polar surface area (TPSA) is 145 Å². The quantitative estimate of drug-likeness (QED) is 0.349. The minimum atomic E-state index is -3.79. The number of H-pyrrole nitrogens is 1. The summed E-state index contributed by atoms with van der Waals surface area (Å²) in [6, 6.07) is 6.77. The van der Waals surface area contributed by atoms with Crippen molar-refractivity contribution < 1.29 is 19.0 Å². The summed E-state index contributed by atoms with van der Waals surface area (Å²) < 4.78 is 17.3. The van der Waals surface area contributed by atoms with Crippen molar-refractivity contribution in [1.82, 2.24) is 19.5 Å². The molecule has 4 N–H and O–H groups in total. The first-order valence-corrected chi connectivity index (χ1v) is 8.81. The monoisotopic (exact) mass is 351 g/mol. The predicted octanol–water partition coefficient (Wildman–Crippen LogP) is 0.876. The normalized spacial score (nSPS) is 13.8. The molecule has 0 saturated carbocycles. The van der Waals surface area contributed by atoms with Crippen LogP contribution in [0.2, 0.25) is 0 Å². The van der Waals surface area contributed by atoms with E-state index in [1.807, 2.05) is 0 Å². The fraction of sp³-hybridized carbons (Fsp3) is 0.154. The molecule has 1 unspecified atom stereocenters. The molecule has 0 aliphatic rings. The number of nitrogen functional groups attached to an aromatic ring is 1. The van der Waals surface area contributed by atoms with Crippen molar-refractivity contribution in [3.63, 3.8) is 0 Å². The number of fused-ring (bicyclic) bond motifs is 1. The summed E-state index contributed by atoms with van der Waals surface area (Å²) in [5, 5.41) is 0. The largest absolute Gasteiger partial charge is 0.369 e. The first-order valence-electron chi connectivity index (χ1n) is 6.78. The van der Waals surface area contributed by atoms with Gasteiger partial charge in [-0.05, 0) is 6.07 Å². The van der Waals surface area contributed by atoms with Gasteiger partial charge in [0, 0.05) is 12.2 Å². The van der Waals surface area contributed by atoms with E-state index in [4.69, 9.17) is 15.5 Å². The van der Waals surface area contributed by atoms with Crippen molar-refractivity contribution in [3.05, 3.63) is 46.5 Å². The van der Waals surface area contributed by atoms with E-state index in [0.29, 0.717) is 11.2 Å². The number of nitrogens with two attached hydrogens (primary N) is 1. The number of hydrogen-bond acceptors (Lipinski definition) is 7. The van der Waals surface area contributed by atoms with Crippen molar-refractivity contribution in [2.24, 2.45) is 0 Å². The third kappa shape index (κ3) is 3.46. The number of aromatic nitrogens is 4. The number of nitrogens with zero attached hydrogens (tertiary/aromatic N) is 3. The van der Waals surface area contributed by atoms with Crippen LogP contribution in [0, 0.1) is 0 Å². The Morgan fingerprint density at radius 3 is 2.92 bits per heavy atom. The molecule has 0 fully saturated rings. The van der Waals surface area contributed by atoms with Gasteiger partial charge in [0.05, 0.1) is 12.9 Å². The van der Waals surface area contributed by atoms with E-state index >= 15 is 0 Å². The van der Waals surface area contributed by atoms with Gasteiger partial charge in [-0.2, -0.15) is 4.98 Å². The molecule has 3 rings (SSSR count). The molecule has 0 aliphatic heterocycles. The van der Waals surface area contributed by atoms with Crippen molar-refractivity contribution in [2.45, 2.75) is 6.54 Å². The second kappa shape index (κ2) is 6.08. The molecule has 2 heterocycles. The van der Waals surface area contributed by atoms with Gasteiger partial charge in [0.2, 0.25) is 5.95 Å². The molecule has 0 amide bonds. The first-order chi connectivity index (χ1) is 11.3. The minimum Gasteiger partial charge on any atom is -0.369 e. The second-order valence-electron chi connectivity index (χ2n) is 5.06. The summed E-state index contributed by atoms with van der Waals surface area (Å²) in [6.45, 7) is 1.25. The Labute approximate surface area is 135 Å². The Hall–Kier alpha value is -2.68. The lowest BCUT2D eigenvalue weighted by molar-refractivity contribution is -0.108. The van der Waals surface area contributed by atoms with E-state index < -0.39 is 13.2 Å². The van der Waals surface area contributed by atoms with Crippen LogP contribution in [0.15, 0.2) is 35.4 Å². The lowest BCUT2D eigenvalue weighted by Gasteiger charge is -2.11. The molecule has 10 nitrogen and oxygen atoms in total. The van der Waals surface area contributed by atoms with Crippen LogP contribution in [0.5, 0.6) is 5.75 Å². The molecule has 1 aromatic carbocycles. The zero-order valence-electron chi connectivity index (χ0n) is 12.5. The van der Waals surface area contributed by atoms with Crippen molar-refractivity contribution in [3.8, 4) is 5.75 Å². The fourth-order valence-corrected chi connectivity index (χ4v) is 2.31. The van der Waals surface area contributed by atoms with E-state index in [1.165, 1.54) is 6.33 Å². The zero-order chi connectivity index (χ0) is 17.3. The molecular weight excluding hydrogens is 337 g/mol. The minimum absolute atomic E-state index is 0.0191. The third-order valence-corrected chi connectivity index (χ3v) is 3.42. The van der Waals surface area contributed by atoms with Crippen LogP contribution in [0.4, 0.5) is 5.95 Å². The van der Waals surface area contributed by atoms with Gasteiger partial charge in [-0.3, -0.25) is 14.3 Å². The van der Waals surface area contributed by atoms with Gasteiger partial charge in [-0.15, -0.1) is 4.67 Å².